The predicted octanol–water partition coefficient (Wildman–Crippen LogP) is 22.9. The predicted molar refractivity (Wildman–Crippen MR) is 435 cm³/mol. The number of carbonyl (C=O) groups is 4. The van der Waals surface area contributed by atoms with E-state index < -0.39 is 97.5 Å². The number of rotatable bonds is 70. The zero-order valence-electron chi connectivity index (χ0n) is 64.8. The molecule has 0 amide bonds. The molecule has 5 atom stereocenters. The second kappa shape index (κ2) is 76.6. The van der Waals surface area contributed by atoms with Crippen molar-refractivity contribution in [1.82, 2.24) is 0 Å². The maximum Gasteiger partial charge on any atom is 0.472 e. The number of aliphatic hydroxyl groups is 1. The van der Waals surface area contributed by atoms with Crippen LogP contribution in [0.4, 0.5) is 0 Å². The van der Waals surface area contributed by atoms with Gasteiger partial charge in [0.25, 0.3) is 0 Å². The number of ether oxygens (including phenoxy) is 4. The van der Waals surface area contributed by atoms with Gasteiger partial charge >= 0.3 is 39.5 Å². The minimum absolute atomic E-state index is 0.0110. The molecule has 0 rings (SSSR count). The van der Waals surface area contributed by atoms with Gasteiger partial charge in [-0.25, -0.2) is 9.13 Å². The quantitative estimate of drug-likeness (QED) is 0.0169. The summed E-state index contributed by atoms with van der Waals surface area (Å²) in [5.74, 6) is -2.48. The molecule has 0 aromatic rings. The maximum absolute atomic E-state index is 13.1. The first kappa shape index (κ1) is 99.4. The SMILES string of the molecule is CC/C=C\C/C=C\C/C=C\C/C=C\C/C=C\C/C=C\CCC(=O)OCC(COP(=O)(O)OCC(O)COP(=O)(O)OCC(COC(=O)CC/C=C\C/C=C\C/C=C\C/C=C\C/C=C\C/C=C\CC)OC(=O)CCCCCCC/C=C\CCCC)OC(=O)CCC/C=C\C/C=C\C/C=C\C/C=C\C/C=C\CC. The zero-order chi connectivity index (χ0) is 77.4. The molecule has 19 heteroatoms. The van der Waals surface area contributed by atoms with Crippen LogP contribution in [0.3, 0.4) is 0 Å². The van der Waals surface area contributed by atoms with E-state index in [2.05, 4.69) is 198 Å². The third kappa shape index (κ3) is 75.6. The van der Waals surface area contributed by atoms with Gasteiger partial charge in [0.15, 0.2) is 12.2 Å². The molecule has 106 heavy (non-hydrogen) atoms. The molecule has 0 aromatic carbocycles. The highest BCUT2D eigenvalue weighted by atomic mass is 31.2. The molecular formula is C87H134O17P2. The topological polar surface area (TPSA) is 237 Å². The Hall–Kier alpha value is -6.62. The van der Waals surface area contributed by atoms with Crippen molar-refractivity contribution >= 4 is 39.5 Å². The van der Waals surface area contributed by atoms with E-state index in [0.29, 0.717) is 44.9 Å². The van der Waals surface area contributed by atoms with Gasteiger partial charge in [0.05, 0.1) is 26.4 Å². The molecule has 0 aliphatic heterocycles. The van der Waals surface area contributed by atoms with Crippen LogP contribution in [-0.4, -0.2) is 96.7 Å². The van der Waals surface area contributed by atoms with E-state index in [-0.39, 0.29) is 25.7 Å². The van der Waals surface area contributed by atoms with Gasteiger partial charge in [-0.15, -0.1) is 0 Å². The fourth-order valence-electron chi connectivity index (χ4n) is 9.11. The van der Waals surface area contributed by atoms with Crippen molar-refractivity contribution in [3.8, 4) is 0 Å². The second-order valence-electron chi connectivity index (χ2n) is 24.8. The number of phosphoric ester groups is 2. The Bertz CT molecular complexity index is 2880. The minimum atomic E-state index is -5.03. The van der Waals surface area contributed by atoms with E-state index in [4.69, 9.17) is 37.0 Å². The number of hydrogen-bond acceptors (Lipinski definition) is 15. The van der Waals surface area contributed by atoms with Crippen LogP contribution < -0.4 is 0 Å². The summed E-state index contributed by atoms with van der Waals surface area (Å²) in [6, 6.07) is 0. The van der Waals surface area contributed by atoms with Crippen LogP contribution in [-0.2, 0) is 65.4 Å². The lowest BCUT2D eigenvalue weighted by Crippen LogP contribution is -2.30. The molecule has 0 heterocycles. The van der Waals surface area contributed by atoms with Crippen LogP contribution in [0.15, 0.2) is 219 Å². The van der Waals surface area contributed by atoms with E-state index >= 15 is 0 Å². The van der Waals surface area contributed by atoms with Crippen molar-refractivity contribution in [3.05, 3.63) is 219 Å². The number of aliphatic hydroxyl groups excluding tert-OH is 1. The minimum Gasteiger partial charge on any atom is -0.462 e. The van der Waals surface area contributed by atoms with Gasteiger partial charge in [-0.2, -0.15) is 0 Å². The van der Waals surface area contributed by atoms with Crippen LogP contribution in [0.2, 0.25) is 0 Å². The Labute approximate surface area is 639 Å². The van der Waals surface area contributed by atoms with Gasteiger partial charge < -0.3 is 33.8 Å². The van der Waals surface area contributed by atoms with Crippen molar-refractivity contribution in [2.75, 3.05) is 39.6 Å². The Morgan fingerprint density at radius 2 is 0.519 bits per heavy atom. The molecule has 0 fully saturated rings. The van der Waals surface area contributed by atoms with Crippen LogP contribution in [0, 0.1) is 0 Å². The third-order valence-corrected chi connectivity index (χ3v) is 16.8. The van der Waals surface area contributed by atoms with Crippen molar-refractivity contribution < 1.29 is 80.2 Å². The van der Waals surface area contributed by atoms with Gasteiger partial charge in [0, 0.05) is 25.7 Å². The summed E-state index contributed by atoms with van der Waals surface area (Å²) in [5.41, 5.74) is 0. The van der Waals surface area contributed by atoms with E-state index in [1.165, 1.54) is 6.42 Å². The average Bonchev–Trinajstić information content (AvgIpc) is 0.919. The monoisotopic (exact) mass is 1510 g/mol. The summed E-state index contributed by atoms with van der Waals surface area (Å²) in [6.45, 7) is 4.18. The number of unbranched alkanes of at least 4 members (excludes halogenated alkanes) is 8. The zero-order valence-corrected chi connectivity index (χ0v) is 66.5. The summed E-state index contributed by atoms with van der Waals surface area (Å²) < 4.78 is 68.3. The van der Waals surface area contributed by atoms with Gasteiger partial charge in [0.1, 0.15) is 19.3 Å². The summed E-state index contributed by atoms with van der Waals surface area (Å²) >= 11 is 0. The summed E-state index contributed by atoms with van der Waals surface area (Å²) in [7, 11) is -10.0. The summed E-state index contributed by atoms with van der Waals surface area (Å²) in [6.07, 6.45) is 96.9. The highest BCUT2D eigenvalue weighted by Gasteiger charge is 2.30. The molecule has 0 bridgehead atoms. The Morgan fingerprint density at radius 1 is 0.274 bits per heavy atom. The van der Waals surface area contributed by atoms with E-state index in [1.54, 1.807) is 0 Å². The maximum atomic E-state index is 13.1. The van der Waals surface area contributed by atoms with Crippen LogP contribution >= 0.6 is 15.6 Å². The standard InChI is InChI=1S/C87H134O17P2/c1-5-9-13-17-21-25-29-32-35-38-40-43-45-48-52-55-59-63-67-71-84(89)97-77-82(103-86(91)73-69-65-61-57-51-28-24-20-16-12-8-4)79-101-105(93,94)99-75-81(88)76-100-106(95,96)102-80-83(104-87(92)74-70-66-62-58-54-50-47-42-37-34-31-27-23-19-15-11-7-3)78-98-85(90)72-68-64-60-56-53-49-46-44-41-39-36-33-30-26-22-18-14-10-6-2/h9-11,13-15,20-27,32-37,40-41,43-44,47-50,52-53,58-60,62-64,81-83,88H,5-8,12,16-19,28-31,38-39,42,45-46,51,54-57,61,65-80H2,1-4H3,(H,93,94)(H,95,96)/b13-9-,14-10-,15-11-,24-20-,25-21-,26-22-,27-23-,35-32-,36-33-,37-34-,43-40-,44-41-,50-47-,52-48-,53-49-,62-58-,63-59-,64-60-. The van der Waals surface area contributed by atoms with Gasteiger partial charge in [-0.3, -0.25) is 37.3 Å². The highest BCUT2D eigenvalue weighted by Crippen LogP contribution is 2.45. The second-order valence-corrected chi connectivity index (χ2v) is 27.7. The molecule has 5 unspecified atom stereocenters. The van der Waals surface area contributed by atoms with Crippen molar-refractivity contribution in [2.45, 2.75) is 264 Å². The first-order valence-electron chi connectivity index (χ1n) is 39.0. The van der Waals surface area contributed by atoms with E-state index in [0.717, 1.165) is 141 Å². The lowest BCUT2D eigenvalue weighted by molar-refractivity contribution is -0.161. The normalized spacial score (nSPS) is 15.0. The van der Waals surface area contributed by atoms with Crippen molar-refractivity contribution in [2.24, 2.45) is 0 Å². The fraction of sp³-hybridized carbons (Fsp3) is 0.540. The Kier molecular flexibility index (Phi) is 71.8. The number of hydrogen-bond donors (Lipinski definition) is 3. The van der Waals surface area contributed by atoms with E-state index in [9.17, 15) is 43.2 Å². The van der Waals surface area contributed by atoms with Crippen LogP contribution in [0.1, 0.15) is 246 Å². The molecule has 17 nitrogen and oxygen atoms in total. The summed E-state index contributed by atoms with van der Waals surface area (Å²) in [5, 5.41) is 10.6. The van der Waals surface area contributed by atoms with Gasteiger partial charge in [-0.1, -0.05) is 279 Å². The number of phosphoric acid groups is 2. The number of allylic oxidation sites excluding steroid dienone is 36. The van der Waals surface area contributed by atoms with Gasteiger partial charge in [0.2, 0.25) is 0 Å². The van der Waals surface area contributed by atoms with Crippen LogP contribution in [0.25, 0.3) is 0 Å². The number of esters is 4. The van der Waals surface area contributed by atoms with Gasteiger partial charge in [-0.05, 0) is 161 Å². The molecule has 594 valence electrons. The smallest absolute Gasteiger partial charge is 0.462 e. The molecule has 0 aliphatic carbocycles. The molecule has 0 spiro atoms. The molecule has 0 saturated heterocycles. The first-order chi connectivity index (χ1) is 51.7. The summed E-state index contributed by atoms with van der Waals surface area (Å²) in [4.78, 5) is 72.9. The number of carbonyl (C=O) groups excluding carboxylic acids is 4. The highest BCUT2D eigenvalue weighted by molar-refractivity contribution is 7.47. The molecular weight excluding hydrogens is 1380 g/mol. The van der Waals surface area contributed by atoms with Crippen LogP contribution in [0.5, 0.6) is 0 Å². The largest absolute Gasteiger partial charge is 0.472 e. The lowest BCUT2D eigenvalue weighted by atomic mass is 10.1. The average molecular weight is 1510 g/mol. The van der Waals surface area contributed by atoms with Crippen molar-refractivity contribution in [1.29, 1.82) is 0 Å². The molecule has 0 aliphatic rings. The lowest BCUT2D eigenvalue weighted by Gasteiger charge is -2.21. The Balaban J connectivity index is 5.54. The molecule has 0 aromatic heterocycles. The molecule has 3 N–H and O–H groups in total. The molecule has 0 radical (unpaired) electrons. The fourth-order valence-corrected chi connectivity index (χ4v) is 10.7. The Morgan fingerprint density at radius 3 is 0.840 bits per heavy atom. The first-order valence-corrected chi connectivity index (χ1v) is 42.0. The van der Waals surface area contributed by atoms with Crippen molar-refractivity contribution in [3.63, 3.8) is 0 Å². The third-order valence-electron chi connectivity index (χ3n) is 14.9. The molecule has 0 saturated carbocycles. The van der Waals surface area contributed by atoms with E-state index in [1.807, 2.05) is 48.6 Å².